The van der Waals surface area contributed by atoms with Gasteiger partial charge in [-0.2, -0.15) is 13.2 Å². The first kappa shape index (κ1) is 26.9. The molecule has 1 fully saturated rings. The molecule has 2 N–H and O–H groups in total. The molecule has 1 unspecified atom stereocenters. The minimum atomic E-state index is -4.38. The highest BCUT2D eigenvalue weighted by atomic mass is 35.5. The normalized spacial score (nSPS) is 16.7. The molecule has 0 aromatic heterocycles. The van der Waals surface area contributed by atoms with Gasteiger partial charge in [0.05, 0.1) is 23.1 Å². The summed E-state index contributed by atoms with van der Waals surface area (Å²) in [5.41, 5.74) is 1.77. The van der Waals surface area contributed by atoms with Crippen LogP contribution in [-0.2, 0) is 17.4 Å². The Labute approximate surface area is 227 Å². The fourth-order valence-electron chi connectivity index (χ4n) is 4.71. The van der Waals surface area contributed by atoms with E-state index in [4.69, 9.17) is 21.1 Å². The minimum absolute atomic E-state index is 0.152. The van der Waals surface area contributed by atoms with E-state index in [9.17, 15) is 27.9 Å². The molecule has 5 rings (SSSR count). The van der Waals surface area contributed by atoms with Crippen LogP contribution in [0.5, 0.6) is 17.2 Å². The molecule has 1 amide bonds. The standard InChI is InChI=1S/C29H25ClF3NO5/c30-24-14-23-21(28(36)37)10-12-38-25(23)15-26(24)39-20-7-4-18(5-8-20)27(35)34-11-9-17-3-6-19(29(31,32)33)13-22(17)16-1-2-16/h3-8,13-16,21H,1-2,9-12H2,(H,34,35)(H,36,37). The van der Waals surface area contributed by atoms with Crippen molar-refractivity contribution in [2.24, 2.45) is 0 Å². The molecule has 0 spiro atoms. The predicted octanol–water partition coefficient (Wildman–Crippen LogP) is 6.95. The summed E-state index contributed by atoms with van der Waals surface area (Å²) < 4.78 is 50.8. The number of carbonyl (C=O) groups is 2. The lowest BCUT2D eigenvalue weighted by Gasteiger charge is -2.24. The summed E-state index contributed by atoms with van der Waals surface area (Å²) in [7, 11) is 0. The first-order valence-electron chi connectivity index (χ1n) is 12.6. The Morgan fingerprint density at radius 1 is 1.03 bits per heavy atom. The molecular formula is C29H25ClF3NO5. The molecule has 0 bridgehead atoms. The van der Waals surface area contributed by atoms with E-state index >= 15 is 0 Å². The average Bonchev–Trinajstić information content (AvgIpc) is 3.74. The molecular weight excluding hydrogens is 535 g/mol. The number of hydrogen-bond donors (Lipinski definition) is 2. The average molecular weight is 560 g/mol. The Kier molecular flexibility index (Phi) is 7.44. The van der Waals surface area contributed by atoms with Crippen LogP contribution in [0, 0.1) is 0 Å². The Morgan fingerprint density at radius 3 is 2.44 bits per heavy atom. The summed E-state index contributed by atoms with van der Waals surface area (Å²) in [5.74, 6) is -0.694. The second-order valence-electron chi connectivity index (χ2n) is 9.67. The van der Waals surface area contributed by atoms with Crippen LogP contribution in [0.2, 0.25) is 5.02 Å². The number of aliphatic carboxylic acids is 1. The lowest BCUT2D eigenvalue weighted by atomic mass is 9.93. The molecule has 6 nitrogen and oxygen atoms in total. The third-order valence-corrected chi connectivity index (χ3v) is 7.21. The van der Waals surface area contributed by atoms with Crippen molar-refractivity contribution in [2.75, 3.05) is 13.2 Å². The van der Waals surface area contributed by atoms with Crippen LogP contribution in [0.15, 0.2) is 54.6 Å². The maximum absolute atomic E-state index is 13.1. The number of rotatable bonds is 8. The number of carbonyl (C=O) groups excluding carboxylic acids is 1. The van der Waals surface area contributed by atoms with Crippen molar-refractivity contribution in [3.8, 4) is 17.2 Å². The fourth-order valence-corrected chi connectivity index (χ4v) is 4.92. The van der Waals surface area contributed by atoms with Crippen LogP contribution in [0.4, 0.5) is 13.2 Å². The van der Waals surface area contributed by atoms with Crippen molar-refractivity contribution in [2.45, 2.75) is 43.7 Å². The fraction of sp³-hybridized carbons (Fsp3) is 0.310. The summed E-state index contributed by atoms with van der Waals surface area (Å²) in [4.78, 5) is 24.2. The number of nitrogens with one attached hydrogen (secondary N) is 1. The number of carboxylic acids is 1. The SMILES string of the molecule is O=C(NCCc1ccc(C(F)(F)F)cc1C1CC1)c1ccc(Oc2cc3c(cc2Cl)C(C(=O)O)CCO3)cc1. The molecule has 1 heterocycles. The molecule has 0 saturated heterocycles. The van der Waals surface area contributed by atoms with Crippen LogP contribution < -0.4 is 14.8 Å². The summed E-state index contributed by atoms with van der Waals surface area (Å²) in [6, 6.07) is 13.3. The first-order valence-corrected chi connectivity index (χ1v) is 12.9. The van der Waals surface area contributed by atoms with Crippen LogP contribution in [0.3, 0.4) is 0 Å². The van der Waals surface area contributed by atoms with E-state index in [0.29, 0.717) is 46.8 Å². The number of halogens is 4. The largest absolute Gasteiger partial charge is 0.493 e. The van der Waals surface area contributed by atoms with Gasteiger partial charge in [0.2, 0.25) is 0 Å². The van der Waals surface area contributed by atoms with Crippen molar-refractivity contribution < 1.29 is 37.3 Å². The van der Waals surface area contributed by atoms with Crippen LogP contribution >= 0.6 is 11.6 Å². The number of hydrogen-bond acceptors (Lipinski definition) is 4. The van der Waals surface area contributed by atoms with Gasteiger partial charge >= 0.3 is 12.1 Å². The van der Waals surface area contributed by atoms with Crippen molar-refractivity contribution in [3.05, 3.63) is 87.4 Å². The van der Waals surface area contributed by atoms with E-state index < -0.39 is 23.6 Å². The summed E-state index contributed by atoms with van der Waals surface area (Å²) >= 11 is 6.34. The van der Waals surface area contributed by atoms with Crippen molar-refractivity contribution in [1.82, 2.24) is 5.32 Å². The van der Waals surface area contributed by atoms with Crippen LogP contribution in [-0.4, -0.2) is 30.1 Å². The molecule has 1 aliphatic carbocycles. The van der Waals surface area contributed by atoms with Gasteiger partial charge in [0.25, 0.3) is 5.91 Å². The Hall–Kier alpha value is -3.72. The molecule has 1 saturated carbocycles. The third-order valence-electron chi connectivity index (χ3n) is 6.92. The lowest BCUT2D eigenvalue weighted by Crippen LogP contribution is -2.25. The van der Waals surface area contributed by atoms with Gasteiger partial charge in [0, 0.05) is 23.7 Å². The topological polar surface area (TPSA) is 84.9 Å². The molecule has 3 aromatic carbocycles. The molecule has 2 aliphatic rings. The zero-order chi connectivity index (χ0) is 27.7. The van der Waals surface area contributed by atoms with E-state index in [1.165, 1.54) is 18.2 Å². The predicted molar refractivity (Wildman–Crippen MR) is 138 cm³/mol. The third kappa shape index (κ3) is 6.14. The molecule has 0 radical (unpaired) electrons. The second-order valence-corrected chi connectivity index (χ2v) is 10.1. The maximum atomic E-state index is 13.1. The van der Waals surface area contributed by atoms with E-state index in [1.807, 2.05) is 0 Å². The maximum Gasteiger partial charge on any atom is 0.416 e. The van der Waals surface area contributed by atoms with Gasteiger partial charge in [0.15, 0.2) is 0 Å². The zero-order valence-corrected chi connectivity index (χ0v) is 21.4. The number of benzene rings is 3. The monoisotopic (exact) mass is 559 g/mol. The van der Waals surface area contributed by atoms with Gasteiger partial charge in [-0.15, -0.1) is 0 Å². The number of fused-ring (bicyclic) bond motifs is 1. The highest BCUT2D eigenvalue weighted by molar-refractivity contribution is 6.32. The van der Waals surface area contributed by atoms with E-state index in [0.717, 1.165) is 24.5 Å². The van der Waals surface area contributed by atoms with Gasteiger partial charge in [-0.05, 0) is 85.2 Å². The Balaban J connectivity index is 1.20. The van der Waals surface area contributed by atoms with Gasteiger partial charge in [0.1, 0.15) is 17.2 Å². The van der Waals surface area contributed by atoms with Crippen molar-refractivity contribution in [3.63, 3.8) is 0 Å². The summed E-state index contributed by atoms with van der Waals surface area (Å²) in [5, 5.41) is 12.5. The van der Waals surface area contributed by atoms with Crippen LogP contribution in [0.1, 0.15) is 63.7 Å². The zero-order valence-electron chi connectivity index (χ0n) is 20.7. The molecule has 1 aliphatic heterocycles. The first-order chi connectivity index (χ1) is 18.6. The summed E-state index contributed by atoms with van der Waals surface area (Å²) in [6.07, 6.45) is -1.84. The second kappa shape index (κ2) is 10.8. The molecule has 39 heavy (non-hydrogen) atoms. The van der Waals surface area contributed by atoms with E-state index in [1.54, 1.807) is 30.3 Å². The van der Waals surface area contributed by atoms with E-state index in [-0.39, 0.29) is 30.0 Å². The number of amides is 1. The van der Waals surface area contributed by atoms with Crippen LogP contribution in [0.25, 0.3) is 0 Å². The van der Waals surface area contributed by atoms with Crippen molar-refractivity contribution >= 4 is 23.5 Å². The lowest BCUT2D eigenvalue weighted by molar-refractivity contribution is -0.139. The van der Waals surface area contributed by atoms with Crippen molar-refractivity contribution in [1.29, 1.82) is 0 Å². The molecule has 3 aromatic rings. The highest BCUT2D eigenvalue weighted by Gasteiger charge is 2.34. The number of ether oxygens (including phenoxy) is 2. The number of carboxylic acid groups (broad SMARTS) is 1. The molecule has 1 atom stereocenters. The number of alkyl halides is 3. The summed E-state index contributed by atoms with van der Waals surface area (Å²) in [6.45, 7) is 0.555. The molecule has 10 heteroatoms. The van der Waals surface area contributed by atoms with Gasteiger partial charge in [-0.1, -0.05) is 17.7 Å². The smallest absolute Gasteiger partial charge is 0.416 e. The Morgan fingerprint density at radius 2 is 1.77 bits per heavy atom. The minimum Gasteiger partial charge on any atom is -0.493 e. The van der Waals surface area contributed by atoms with E-state index in [2.05, 4.69) is 5.32 Å². The highest BCUT2D eigenvalue weighted by Crippen LogP contribution is 2.44. The molecule has 204 valence electrons. The van der Waals surface area contributed by atoms with Gasteiger partial charge in [-0.3, -0.25) is 9.59 Å². The Bertz CT molecular complexity index is 1400. The van der Waals surface area contributed by atoms with Gasteiger partial charge < -0.3 is 19.9 Å². The van der Waals surface area contributed by atoms with Gasteiger partial charge in [-0.25, -0.2) is 0 Å². The quantitative estimate of drug-likeness (QED) is 0.312.